The van der Waals surface area contributed by atoms with Gasteiger partial charge in [-0.2, -0.15) is 13.2 Å². The summed E-state index contributed by atoms with van der Waals surface area (Å²) in [4.78, 5) is 0. The Kier molecular flexibility index (Phi) is 3.75. The minimum Gasteiger partial charge on any atom is -0.496 e. The lowest BCUT2D eigenvalue weighted by atomic mass is 9.87. The summed E-state index contributed by atoms with van der Waals surface area (Å²) in [5.41, 5.74) is -3.11. The number of ether oxygens (including phenoxy) is 1. The smallest absolute Gasteiger partial charge is 0.416 e. The summed E-state index contributed by atoms with van der Waals surface area (Å²) in [6.45, 7) is 3.63. The van der Waals surface area contributed by atoms with E-state index in [1.54, 1.807) is 0 Å². The molecule has 7 heteroatoms. The third-order valence-corrected chi connectivity index (χ3v) is 4.19. The number of allylic oxidation sites excluding steroid dienone is 1. The van der Waals surface area contributed by atoms with Crippen molar-refractivity contribution < 1.29 is 22.3 Å². The van der Waals surface area contributed by atoms with Gasteiger partial charge < -0.3 is 10.1 Å². The van der Waals surface area contributed by atoms with Crippen molar-refractivity contribution in [1.29, 1.82) is 0 Å². The molecular formula is C17H12ClF4NO. The molecule has 126 valence electrons. The van der Waals surface area contributed by atoms with Crippen LogP contribution in [0.25, 0.3) is 0 Å². The van der Waals surface area contributed by atoms with Crippen LogP contribution in [0.1, 0.15) is 16.7 Å². The summed E-state index contributed by atoms with van der Waals surface area (Å²) < 4.78 is 59.7. The molecule has 0 saturated carbocycles. The van der Waals surface area contributed by atoms with E-state index in [-0.39, 0.29) is 33.3 Å². The van der Waals surface area contributed by atoms with Crippen molar-refractivity contribution in [2.24, 2.45) is 0 Å². The molecule has 0 bridgehead atoms. The molecule has 0 fully saturated rings. The van der Waals surface area contributed by atoms with Crippen LogP contribution in [-0.2, 0) is 11.8 Å². The van der Waals surface area contributed by atoms with Gasteiger partial charge in [0.25, 0.3) is 0 Å². The van der Waals surface area contributed by atoms with Gasteiger partial charge >= 0.3 is 6.18 Å². The Morgan fingerprint density at radius 2 is 1.83 bits per heavy atom. The largest absolute Gasteiger partial charge is 0.496 e. The maximum absolute atomic E-state index is 15.9. The summed E-state index contributed by atoms with van der Waals surface area (Å²) in [6, 6.07) is 7.20. The third kappa shape index (κ3) is 2.41. The minimum atomic E-state index is -4.52. The van der Waals surface area contributed by atoms with Gasteiger partial charge in [0.1, 0.15) is 5.75 Å². The predicted octanol–water partition coefficient (Wildman–Crippen LogP) is 5.52. The fraction of sp³-hybridized carbons (Fsp3) is 0.176. The molecule has 1 aliphatic rings. The first-order valence-corrected chi connectivity index (χ1v) is 7.26. The summed E-state index contributed by atoms with van der Waals surface area (Å²) in [6.07, 6.45) is -4.52. The fourth-order valence-electron chi connectivity index (χ4n) is 2.79. The molecule has 1 atom stereocenters. The molecule has 0 amide bonds. The zero-order chi connectivity index (χ0) is 17.7. The molecular weight excluding hydrogens is 346 g/mol. The molecule has 1 heterocycles. The maximum Gasteiger partial charge on any atom is 0.416 e. The first-order valence-electron chi connectivity index (χ1n) is 6.89. The van der Waals surface area contributed by atoms with Crippen LogP contribution >= 0.6 is 11.6 Å². The highest BCUT2D eigenvalue weighted by Crippen LogP contribution is 2.52. The Labute approximate surface area is 140 Å². The highest BCUT2D eigenvalue weighted by molar-refractivity contribution is 6.30. The summed E-state index contributed by atoms with van der Waals surface area (Å²) in [5.74, 6) is 0.220. The van der Waals surface area contributed by atoms with Crippen LogP contribution in [0.4, 0.5) is 23.2 Å². The van der Waals surface area contributed by atoms with Gasteiger partial charge in [-0.05, 0) is 30.3 Å². The number of methoxy groups -OCH3 is 1. The van der Waals surface area contributed by atoms with Crippen LogP contribution in [0, 0.1) is 0 Å². The highest BCUT2D eigenvalue weighted by Gasteiger charge is 2.47. The van der Waals surface area contributed by atoms with Crippen molar-refractivity contribution in [2.45, 2.75) is 11.8 Å². The van der Waals surface area contributed by atoms with Crippen molar-refractivity contribution in [3.05, 3.63) is 70.4 Å². The molecule has 3 rings (SSSR count). The monoisotopic (exact) mass is 357 g/mol. The van der Waals surface area contributed by atoms with Crippen LogP contribution < -0.4 is 10.1 Å². The normalized spacial score (nSPS) is 19.8. The Morgan fingerprint density at radius 1 is 1.12 bits per heavy atom. The van der Waals surface area contributed by atoms with E-state index in [9.17, 15) is 13.2 Å². The van der Waals surface area contributed by atoms with E-state index < -0.39 is 17.4 Å². The van der Waals surface area contributed by atoms with Gasteiger partial charge in [-0.1, -0.05) is 24.2 Å². The van der Waals surface area contributed by atoms with E-state index in [1.165, 1.54) is 25.3 Å². The second kappa shape index (κ2) is 5.41. The number of fused-ring (bicyclic) bond motifs is 1. The van der Waals surface area contributed by atoms with Crippen LogP contribution in [-0.4, -0.2) is 7.11 Å². The molecule has 1 N–H and O–H groups in total. The zero-order valence-electron chi connectivity index (χ0n) is 12.5. The molecule has 0 aliphatic carbocycles. The van der Waals surface area contributed by atoms with Crippen LogP contribution in [0.2, 0.25) is 5.02 Å². The first-order chi connectivity index (χ1) is 11.2. The molecule has 0 radical (unpaired) electrons. The van der Waals surface area contributed by atoms with Crippen molar-refractivity contribution in [3.8, 4) is 5.75 Å². The second-order valence-electron chi connectivity index (χ2n) is 5.36. The van der Waals surface area contributed by atoms with Crippen LogP contribution in [0.5, 0.6) is 5.75 Å². The number of hydrogen-bond acceptors (Lipinski definition) is 2. The molecule has 0 saturated heterocycles. The maximum atomic E-state index is 15.9. The molecule has 2 nitrogen and oxygen atoms in total. The standard InChI is InChI=1S/C17H12ClF4NO/c1-9-16(19,13-8-11(18)4-6-15(13)24-2)12-5-3-10(17(20,21)22)7-14(12)23-9/h3-8,23H,1H2,2H3. The Bertz CT molecular complexity index is 834. The summed E-state index contributed by atoms with van der Waals surface area (Å²) in [7, 11) is 1.37. The number of rotatable bonds is 2. The lowest BCUT2D eigenvalue weighted by Crippen LogP contribution is -2.22. The Hall–Kier alpha value is -2.21. The first kappa shape index (κ1) is 16.6. The van der Waals surface area contributed by atoms with E-state index in [2.05, 4.69) is 11.9 Å². The molecule has 1 unspecified atom stereocenters. The average molecular weight is 358 g/mol. The van der Waals surface area contributed by atoms with Gasteiger partial charge in [-0.25, -0.2) is 4.39 Å². The molecule has 2 aromatic rings. The average Bonchev–Trinajstić information content (AvgIpc) is 2.78. The topological polar surface area (TPSA) is 21.3 Å². The number of halogens is 5. The second-order valence-corrected chi connectivity index (χ2v) is 5.80. The van der Waals surface area contributed by atoms with Gasteiger partial charge in [0.2, 0.25) is 5.67 Å². The summed E-state index contributed by atoms with van der Waals surface area (Å²) in [5, 5.41) is 2.88. The van der Waals surface area contributed by atoms with Gasteiger partial charge in [0.05, 0.1) is 18.4 Å². The zero-order valence-corrected chi connectivity index (χ0v) is 13.2. The van der Waals surface area contributed by atoms with Crippen LogP contribution in [0.15, 0.2) is 48.7 Å². The number of benzene rings is 2. The van der Waals surface area contributed by atoms with Crippen molar-refractivity contribution in [2.75, 3.05) is 12.4 Å². The van der Waals surface area contributed by atoms with Gasteiger partial charge in [0, 0.05) is 21.8 Å². The Balaban J connectivity index is 2.21. The molecule has 2 aromatic carbocycles. The predicted molar refractivity (Wildman–Crippen MR) is 84.1 cm³/mol. The van der Waals surface area contributed by atoms with Crippen molar-refractivity contribution in [1.82, 2.24) is 0 Å². The fourth-order valence-corrected chi connectivity index (χ4v) is 2.96. The third-order valence-electron chi connectivity index (χ3n) is 3.95. The molecule has 1 aliphatic heterocycles. The SMILES string of the molecule is C=C1Nc2cc(C(F)(F)F)ccc2C1(F)c1cc(Cl)ccc1OC. The van der Waals surface area contributed by atoms with E-state index in [0.717, 1.165) is 18.2 Å². The highest BCUT2D eigenvalue weighted by atomic mass is 35.5. The van der Waals surface area contributed by atoms with Crippen molar-refractivity contribution >= 4 is 17.3 Å². The molecule has 0 spiro atoms. The Morgan fingerprint density at radius 3 is 2.46 bits per heavy atom. The van der Waals surface area contributed by atoms with E-state index >= 15 is 4.39 Å². The number of nitrogens with one attached hydrogen (secondary N) is 1. The van der Waals surface area contributed by atoms with Gasteiger partial charge in [-0.15, -0.1) is 0 Å². The van der Waals surface area contributed by atoms with E-state index in [1.807, 2.05) is 0 Å². The van der Waals surface area contributed by atoms with E-state index in [4.69, 9.17) is 16.3 Å². The summed E-state index contributed by atoms with van der Waals surface area (Å²) >= 11 is 5.95. The quantitative estimate of drug-likeness (QED) is 0.714. The lowest BCUT2D eigenvalue weighted by Gasteiger charge is -2.24. The number of hydrogen-bond donors (Lipinski definition) is 1. The number of anilines is 1. The van der Waals surface area contributed by atoms with Crippen LogP contribution in [0.3, 0.4) is 0 Å². The van der Waals surface area contributed by atoms with Crippen molar-refractivity contribution in [3.63, 3.8) is 0 Å². The molecule has 24 heavy (non-hydrogen) atoms. The van der Waals surface area contributed by atoms with Gasteiger partial charge in [0.15, 0.2) is 0 Å². The number of alkyl halides is 4. The minimum absolute atomic E-state index is 0.0133. The van der Waals surface area contributed by atoms with Gasteiger partial charge in [-0.3, -0.25) is 0 Å². The lowest BCUT2D eigenvalue weighted by molar-refractivity contribution is -0.137. The van der Waals surface area contributed by atoms with E-state index in [0.29, 0.717) is 0 Å². The molecule has 0 aromatic heterocycles.